The Labute approximate surface area is 196 Å². The van der Waals surface area contributed by atoms with E-state index in [0.29, 0.717) is 12.3 Å². The number of nitrogens with zero attached hydrogens (tertiary/aromatic N) is 1. The van der Waals surface area contributed by atoms with Crippen molar-refractivity contribution in [2.75, 3.05) is 0 Å². The molecule has 4 rings (SSSR count). The van der Waals surface area contributed by atoms with Crippen molar-refractivity contribution >= 4 is 17.6 Å². The fraction of sp³-hybridized carbons (Fsp3) is 0.640. The fourth-order valence-corrected chi connectivity index (χ4v) is 5.63. The number of alkyl halides is 3. The maximum Gasteiger partial charge on any atom is 0.425 e. The molecule has 0 radical (unpaired) electrons. The molecule has 1 aromatic rings. The monoisotopic (exact) mass is 480 g/mol. The maximum atomic E-state index is 14.7. The lowest BCUT2D eigenvalue weighted by Crippen LogP contribution is -2.66. The van der Waals surface area contributed by atoms with Gasteiger partial charge in [0.05, 0.1) is 18.4 Å². The van der Waals surface area contributed by atoms with Crippen LogP contribution in [0.25, 0.3) is 0 Å². The molecule has 3 aliphatic rings. The smallest absolute Gasteiger partial charge is 0.425 e. The summed E-state index contributed by atoms with van der Waals surface area (Å²) < 4.78 is 49.5. The Morgan fingerprint density at radius 1 is 1.18 bits per heavy atom. The van der Waals surface area contributed by atoms with Crippen LogP contribution in [0.3, 0.4) is 0 Å². The molecule has 1 aliphatic heterocycles. The minimum Gasteiger partial charge on any atom is -0.467 e. The Balaban J connectivity index is 1.69. The van der Waals surface area contributed by atoms with Crippen molar-refractivity contribution in [3.8, 4) is 0 Å². The van der Waals surface area contributed by atoms with Crippen LogP contribution in [0.1, 0.15) is 77.4 Å². The molecule has 0 bridgehead atoms. The number of hydrogen-bond donors (Lipinski definition) is 1. The molecule has 34 heavy (non-hydrogen) atoms. The first kappa shape index (κ1) is 24.5. The number of Topliss-reactive ketones (excluding diaryl/α,β-unsaturated/α-hetero) is 1. The highest BCUT2D eigenvalue weighted by Gasteiger charge is 2.71. The van der Waals surface area contributed by atoms with E-state index in [1.165, 1.54) is 6.26 Å². The third kappa shape index (κ3) is 4.41. The minimum atomic E-state index is -5.18. The molecule has 0 spiro atoms. The number of allylic oxidation sites excluding steroid dienone is 1. The molecule has 1 atom stereocenters. The van der Waals surface area contributed by atoms with Gasteiger partial charge in [-0.2, -0.15) is 13.2 Å². The van der Waals surface area contributed by atoms with E-state index >= 15 is 0 Å². The van der Waals surface area contributed by atoms with Crippen LogP contribution < -0.4 is 5.32 Å². The van der Waals surface area contributed by atoms with Crippen LogP contribution in [-0.4, -0.2) is 34.2 Å². The lowest BCUT2D eigenvalue weighted by atomic mass is 9.72. The second kappa shape index (κ2) is 8.89. The lowest BCUT2D eigenvalue weighted by molar-refractivity contribution is -0.195. The van der Waals surface area contributed by atoms with Crippen LogP contribution >= 0.6 is 0 Å². The van der Waals surface area contributed by atoms with Gasteiger partial charge in [0.2, 0.25) is 11.4 Å². The molecule has 2 heterocycles. The van der Waals surface area contributed by atoms with Crippen LogP contribution in [0.5, 0.6) is 0 Å². The van der Waals surface area contributed by atoms with Gasteiger partial charge in [0.15, 0.2) is 5.78 Å². The first-order valence-corrected chi connectivity index (χ1v) is 11.9. The molecule has 6 nitrogen and oxygen atoms in total. The van der Waals surface area contributed by atoms with E-state index in [2.05, 4.69) is 0 Å². The molecular weight excluding hydrogens is 449 g/mol. The summed E-state index contributed by atoms with van der Waals surface area (Å²) in [6, 6.07) is 3.13. The number of carbonyl (C=O) groups is 3. The van der Waals surface area contributed by atoms with Gasteiger partial charge in [-0.05, 0) is 36.3 Å². The summed E-state index contributed by atoms with van der Waals surface area (Å²) in [7, 11) is 0. The maximum absolute atomic E-state index is 14.7. The van der Waals surface area contributed by atoms with Gasteiger partial charge in [0.1, 0.15) is 5.76 Å². The standard InChI is InChI=1S/C25H31F3N2O4/c1-23(2)13-18-21(19(31)14-23)24(25(26,27)28,22(33)30(18)15-17-9-6-12-34-17)29-20(32)11-10-16-7-4-3-5-8-16/h6,9,12,16H,3-5,7-8,10-11,13-15H2,1-2H3,(H,29,32)/t24-/m0/s1. The number of hydrogen-bond acceptors (Lipinski definition) is 4. The van der Waals surface area contributed by atoms with Crippen molar-refractivity contribution in [3.05, 3.63) is 35.4 Å². The summed E-state index contributed by atoms with van der Waals surface area (Å²) in [4.78, 5) is 40.5. The highest BCUT2D eigenvalue weighted by atomic mass is 19.4. The normalized spacial score (nSPS) is 25.6. The predicted octanol–water partition coefficient (Wildman–Crippen LogP) is 5.04. The molecule has 2 amide bonds. The quantitative estimate of drug-likeness (QED) is 0.619. The number of nitrogens with one attached hydrogen (secondary N) is 1. The fourth-order valence-electron chi connectivity index (χ4n) is 5.63. The van der Waals surface area contributed by atoms with Crippen LogP contribution in [0, 0.1) is 11.3 Å². The Hall–Kier alpha value is -2.58. The van der Waals surface area contributed by atoms with Crippen molar-refractivity contribution in [1.29, 1.82) is 0 Å². The topological polar surface area (TPSA) is 79.6 Å². The number of halogens is 3. The van der Waals surface area contributed by atoms with Crippen molar-refractivity contribution in [2.24, 2.45) is 11.3 Å². The summed E-state index contributed by atoms with van der Waals surface area (Å²) in [6.45, 7) is 3.31. The number of ketones is 1. The van der Waals surface area contributed by atoms with Gasteiger partial charge in [0.25, 0.3) is 5.91 Å². The van der Waals surface area contributed by atoms with Crippen LogP contribution in [0.4, 0.5) is 13.2 Å². The first-order valence-electron chi connectivity index (χ1n) is 11.9. The summed E-state index contributed by atoms with van der Waals surface area (Å²) >= 11 is 0. The second-order valence-corrected chi connectivity index (χ2v) is 10.6. The van der Waals surface area contributed by atoms with E-state index in [-0.39, 0.29) is 37.3 Å². The van der Waals surface area contributed by atoms with Crippen molar-refractivity contribution in [1.82, 2.24) is 10.2 Å². The zero-order valence-electron chi connectivity index (χ0n) is 19.6. The Kier molecular flexibility index (Phi) is 6.42. The second-order valence-electron chi connectivity index (χ2n) is 10.6. The largest absolute Gasteiger partial charge is 0.467 e. The molecule has 0 aromatic carbocycles. The van der Waals surface area contributed by atoms with Crippen molar-refractivity contribution in [3.63, 3.8) is 0 Å². The number of furan rings is 1. The highest BCUT2D eigenvalue weighted by molar-refractivity contribution is 6.13. The summed E-state index contributed by atoms with van der Waals surface area (Å²) in [6.07, 6.45) is 1.67. The number of amides is 2. The van der Waals surface area contributed by atoms with Crippen LogP contribution in [0.15, 0.2) is 34.1 Å². The predicted molar refractivity (Wildman–Crippen MR) is 117 cm³/mol. The van der Waals surface area contributed by atoms with Crippen molar-refractivity contribution < 1.29 is 32.0 Å². The molecule has 0 unspecified atom stereocenters. The third-order valence-corrected chi connectivity index (χ3v) is 7.27. The lowest BCUT2D eigenvalue weighted by Gasteiger charge is -2.35. The summed E-state index contributed by atoms with van der Waals surface area (Å²) in [5.74, 6) is -2.38. The summed E-state index contributed by atoms with van der Waals surface area (Å²) in [5, 5.41) is 2.02. The highest BCUT2D eigenvalue weighted by Crippen LogP contribution is 2.52. The molecule has 2 aliphatic carbocycles. The van der Waals surface area contributed by atoms with E-state index in [9.17, 15) is 27.6 Å². The van der Waals surface area contributed by atoms with Gasteiger partial charge in [-0.25, -0.2) is 0 Å². The van der Waals surface area contributed by atoms with Gasteiger partial charge in [-0.3, -0.25) is 14.4 Å². The Bertz CT molecular complexity index is 990. The molecule has 9 heteroatoms. The van der Waals surface area contributed by atoms with E-state index in [0.717, 1.165) is 37.0 Å². The van der Waals surface area contributed by atoms with E-state index in [1.54, 1.807) is 26.0 Å². The van der Waals surface area contributed by atoms with Gasteiger partial charge < -0.3 is 14.6 Å². The van der Waals surface area contributed by atoms with Gasteiger partial charge in [0, 0.05) is 18.5 Å². The van der Waals surface area contributed by atoms with E-state index in [4.69, 9.17) is 4.42 Å². The van der Waals surface area contributed by atoms with Gasteiger partial charge in [-0.1, -0.05) is 46.0 Å². The molecule has 186 valence electrons. The third-order valence-electron chi connectivity index (χ3n) is 7.27. The first-order chi connectivity index (χ1) is 15.9. The zero-order chi connectivity index (χ0) is 24.7. The molecular formula is C25H31F3N2O4. The molecule has 1 fully saturated rings. The SMILES string of the molecule is CC1(C)CC(=O)C2=C(C1)N(Cc1ccco1)C(=O)[C@]2(NC(=O)CCC1CCCCC1)C(F)(F)F. The van der Waals surface area contributed by atoms with Crippen molar-refractivity contribution in [2.45, 2.75) is 89.9 Å². The molecule has 1 N–H and O–H groups in total. The molecule has 1 saturated carbocycles. The van der Waals surface area contributed by atoms with E-state index in [1.807, 2.05) is 5.32 Å². The Morgan fingerprint density at radius 2 is 1.88 bits per heavy atom. The number of carbonyl (C=O) groups excluding carboxylic acids is 3. The van der Waals surface area contributed by atoms with Gasteiger partial charge in [-0.15, -0.1) is 0 Å². The zero-order valence-corrected chi connectivity index (χ0v) is 19.6. The summed E-state index contributed by atoms with van der Waals surface area (Å²) in [5.41, 5.74) is -4.61. The Morgan fingerprint density at radius 3 is 2.50 bits per heavy atom. The minimum absolute atomic E-state index is 0.0209. The average Bonchev–Trinajstić information content (AvgIpc) is 3.33. The average molecular weight is 481 g/mol. The molecule has 1 aromatic heterocycles. The molecule has 0 saturated heterocycles. The van der Waals surface area contributed by atoms with Gasteiger partial charge >= 0.3 is 6.18 Å². The van der Waals surface area contributed by atoms with E-state index < -0.39 is 40.3 Å². The van der Waals surface area contributed by atoms with Crippen LogP contribution in [-0.2, 0) is 20.9 Å². The number of rotatable bonds is 6. The van der Waals surface area contributed by atoms with Crippen LogP contribution in [0.2, 0.25) is 0 Å².